The summed E-state index contributed by atoms with van der Waals surface area (Å²) >= 11 is 5.96. The van der Waals surface area contributed by atoms with Crippen molar-refractivity contribution in [3.63, 3.8) is 0 Å². The third-order valence-electron chi connectivity index (χ3n) is 5.42. The zero-order valence-electron chi connectivity index (χ0n) is 18.3. The Morgan fingerprint density at radius 3 is 2.51 bits per heavy atom. The smallest absolute Gasteiger partial charge is 0.416 e. The predicted molar refractivity (Wildman–Crippen MR) is 122 cm³/mol. The molecule has 2 atom stereocenters. The molecule has 4 rings (SSSR count). The minimum Gasteiger partial charge on any atom is -0.441 e. The van der Waals surface area contributed by atoms with Gasteiger partial charge in [-0.2, -0.15) is 13.2 Å². The summed E-state index contributed by atoms with van der Waals surface area (Å²) in [5, 5.41) is 8.34. The lowest BCUT2D eigenvalue weighted by molar-refractivity contribution is -0.137. The van der Waals surface area contributed by atoms with Crippen molar-refractivity contribution in [3.05, 3.63) is 76.6 Å². The predicted octanol–water partition coefficient (Wildman–Crippen LogP) is 4.30. The van der Waals surface area contributed by atoms with Gasteiger partial charge in [0, 0.05) is 29.6 Å². The Hall–Kier alpha value is -3.12. The number of cyclic esters (lactones) is 1. The lowest BCUT2D eigenvalue weighted by Crippen LogP contribution is -2.31. The highest BCUT2D eigenvalue weighted by Gasteiger charge is 2.44. The van der Waals surface area contributed by atoms with Crippen molar-refractivity contribution in [2.75, 3.05) is 16.9 Å². The molecule has 0 bridgehead atoms. The molecule has 1 aliphatic rings. The van der Waals surface area contributed by atoms with E-state index in [1.807, 2.05) is 0 Å². The first-order valence-corrected chi connectivity index (χ1v) is 12.8. The summed E-state index contributed by atoms with van der Waals surface area (Å²) in [5.41, 5.74) is 0.192. The SMILES string of the molecule is CS(=O)(=O)CCc1cn(C[C@@H]2OC(=O)N(c3ccc(Cl)cc3)[C@H]2c2cccc(C(F)(F)F)c2)nn1. The third kappa shape index (κ3) is 5.93. The van der Waals surface area contributed by atoms with Crippen LogP contribution in [0.4, 0.5) is 23.7 Å². The maximum Gasteiger partial charge on any atom is 0.416 e. The van der Waals surface area contributed by atoms with Gasteiger partial charge in [-0.25, -0.2) is 17.9 Å². The quantitative estimate of drug-likeness (QED) is 0.454. The molecule has 8 nitrogen and oxygen atoms in total. The van der Waals surface area contributed by atoms with E-state index in [9.17, 15) is 26.4 Å². The number of halogens is 4. The summed E-state index contributed by atoms with van der Waals surface area (Å²) < 4.78 is 70.0. The van der Waals surface area contributed by atoms with Crippen molar-refractivity contribution >= 4 is 33.2 Å². The molecule has 1 amide bonds. The van der Waals surface area contributed by atoms with Crippen LogP contribution in [0.5, 0.6) is 0 Å². The number of benzene rings is 2. The normalized spacial score (nSPS) is 18.7. The summed E-state index contributed by atoms with van der Waals surface area (Å²) in [6.07, 6.45) is -3.44. The van der Waals surface area contributed by atoms with Crippen LogP contribution in [0.3, 0.4) is 0 Å². The molecule has 1 fully saturated rings. The van der Waals surface area contributed by atoms with Gasteiger partial charge in [-0.3, -0.25) is 4.90 Å². The maximum absolute atomic E-state index is 13.4. The highest BCUT2D eigenvalue weighted by atomic mass is 35.5. The number of sulfone groups is 1. The molecule has 186 valence electrons. The molecule has 1 aliphatic heterocycles. The lowest BCUT2D eigenvalue weighted by Gasteiger charge is -2.26. The lowest BCUT2D eigenvalue weighted by atomic mass is 9.98. The molecule has 0 radical (unpaired) electrons. The van der Waals surface area contributed by atoms with Crippen LogP contribution in [0.2, 0.25) is 5.02 Å². The molecule has 3 aromatic rings. The molecular formula is C22H20ClF3N4O4S. The van der Waals surface area contributed by atoms with Crippen molar-refractivity contribution in [1.82, 2.24) is 15.0 Å². The Morgan fingerprint density at radius 2 is 1.86 bits per heavy atom. The van der Waals surface area contributed by atoms with Crippen molar-refractivity contribution in [3.8, 4) is 0 Å². The number of hydrogen-bond donors (Lipinski definition) is 0. The van der Waals surface area contributed by atoms with Gasteiger partial charge < -0.3 is 4.74 Å². The molecule has 0 aliphatic carbocycles. The maximum atomic E-state index is 13.4. The van der Waals surface area contributed by atoms with E-state index >= 15 is 0 Å². The van der Waals surface area contributed by atoms with Gasteiger partial charge in [-0.1, -0.05) is 28.9 Å². The fourth-order valence-corrected chi connectivity index (χ4v) is 4.52. The van der Waals surface area contributed by atoms with Gasteiger partial charge in [0.05, 0.1) is 23.6 Å². The Balaban J connectivity index is 1.68. The van der Waals surface area contributed by atoms with Crippen molar-refractivity contribution < 1.29 is 31.1 Å². The number of anilines is 1. The number of carbonyl (C=O) groups is 1. The molecule has 0 unspecified atom stereocenters. The summed E-state index contributed by atoms with van der Waals surface area (Å²) in [7, 11) is -3.20. The Bertz CT molecular complexity index is 1330. The second kappa shape index (κ2) is 9.50. The fourth-order valence-electron chi connectivity index (χ4n) is 3.81. The topological polar surface area (TPSA) is 94.4 Å². The Labute approximate surface area is 204 Å². The number of nitrogens with zero attached hydrogens (tertiary/aromatic N) is 4. The zero-order valence-corrected chi connectivity index (χ0v) is 19.9. The highest BCUT2D eigenvalue weighted by molar-refractivity contribution is 7.90. The molecule has 1 aromatic heterocycles. The van der Waals surface area contributed by atoms with E-state index in [0.717, 1.165) is 18.4 Å². The number of aromatic nitrogens is 3. The van der Waals surface area contributed by atoms with Crippen LogP contribution in [-0.4, -0.2) is 47.6 Å². The van der Waals surface area contributed by atoms with Gasteiger partial charge in [0.25, 0.3) is 0 Å². The minimum absolute atomic E-state index is 0.0113. The van der Waals surface area contributed by atoms with Gasteiger partial charge in [-0.15, -0.1) is 5.10 Å². The average molecular weight is 529 g/mol. The van der Waals surface area contributed by atoms with Crippen molar-refractivity contribution in [2.24, 2.45) is 0 Å². The molecule has 35 heavy (non-hydrogen) atoms. The summed E-state index contributed by atoms with van der Waals surface area (Å²) in [5.74, 6) is -0.110. The van der Waals surface area contributed by atoms with Gasteiger partial charge in [0.2, 0.25) is 0 Å². The second-order valence-electron chi connectivity index (χ2n) is 8.15. The van der Waals surface area contributed by atoms with Gasteiger partial charge in [0.15, 0.2) is 0 Å². The van der Waals surface area contributed by atoms with E-state index < -0.39 is 39.8 Å². The largest absolute Gasteiger partial charge is 0.441 e. The first kappa shape index (κ1) is 25.0. The van der Waals surface area contributed by atoms with Crippen LogP contribution in [0.15, 0.2) is 54.7 Å². The van der Waals surface area contributed by atoms with E-state index in [0.29, 0.717) is 16.4 Å². The van der Waals surface area contributed by atoms with Crippen LogP contribution >= 0.6 is 11.6 Å². The molecule has 0 saturated carbocycles. The molecule has 1 saturated heterocycles. The van der Waals surface area contributed by atoms with Crippen LogP contribution in [-0.2, 0) is 33.7 Å². The van der Waals surface area contributed by atoms with E-state index in [1.54, 1.807) is 24.3 Å². The molecule has 0 spiro atoms. The number of amides is 1. The number of hydrogen-bond acceptors (Lipinski definition) is 6. The number of aryl methyl sites for hydroxylation is 1. The standard InChI is InChI=1S/C22H20ClF3N4O4S/c1-35(32,33)10-9-17-12-29(28-27-17)13-19-20(14-3-2-4-15(11-14)22(24,25)26)30(21(31)34-19)18-7-5-16(23)6-8-18/h2-8,11-12,19-20H,9-10,13H2,1H3/t19-,20-/m0/s1. The number of alkyl halides is 3. The van der Waals surface area contributed by atoms with Gasteiger partial charge in [-0.05, 0) is 42.0 Å². The molecule has 2 heterocycles. The molecule has 13 heteroatoms. The van der Waals surface area contributed by atoms with E-state index in [1.165, 1.54) is 27.9 Å². The summed E-state index contributed by atoms with van der Waals surface area (Å²) in [6.45, 7) is -0.0113. The third-order valence-corrected chi connectivity index (χ3v) is 6.62. The Kier molecular flexibility index (Phi) is 6.78. The monoisotopic (exact) mass is 528 g/mol. The number of rotatable bonds is 7. The van der Waals surface area contributed by atoms with Crippen molar-refractivity contribution in [2.45, 2.75) is 31.3 Å². The highest BCUT2D eigenvalue weighted by Crippen LogP contribution is 2.40. The molecule has 0 N–H and O–H groups in total. The Morgan fingerprint density at radius 1 is 1.14 bits per heavy atom. The van der Waals surface area contributed by atoms with E-state index in [2.05, 4.69) is 10.3 Å². The number of ether oxygens (including phenoxy) is 1. The van der Waals surface area contributed by atoms with Crippen LogP contribution in [0.25, 0.3) is 0 Å². The van der Waals surface area contributed by atoms with Crippen LogP contribution in [0.1, 0.15) is 22.9 Å². The van der Waals surface area contributed by atoms with Crippen LogP contribution in [0, 0.1) is 0 Å². The van der Waals surface area contributed by atoms with E-state index in [-0.39, 0.29) is 24.3 Å². The second-order valence-corrected chi connectivity index (χ2v) is 10.8. The first-order valence-electron chi connectivity index (χ1n) is 10.4. The van der Waals surface area contributed by atoms with Gasteiger partial charge in [0.1, 0.15) is 22.0 Å². The van der Waals surface area contributed by atoms with Crippen LogP contribution < -0.4 is 4.90 Å². The zero-order chi connectivity index (χ0) is 25.4. The average Bonchev–Trinajstić information content (AvgIpc) is 3.36. The summed E-state index contributed by atoms with van der Waals surface area (Å²) in [4.78, 5) is 14.2. The molecule has 2 aromatic carbocycles. The first-order chi connectivity index (χ1) is 16.4. The minimum atomic E-state index is -4.57. The summed E-state index contributed by atoms with van der Waals surface area (Å²) in [6, 6.07) is 10.1. The van der Waals surface area contributed by atoms with Gasteiger partial charge >= 0.3 is 12.3 Å². The van der Waals surface area contributed by atoms with E-state index in [4.69, 9.17) is 16.3 Å². The fraction of sp³-hybridized carbons (Fsp3) is 0.318. The number of carbonyl (C=O) groups excluding carboxylic acids is 1. The van der Waals surface area contributed by atoms with Crippen molar-refractivity contribution in [1.29, 1.82) is 0 Å². The molecular weight excluding hydrogens is 509 g/mol.